The molecule has 1 aromatic heterocycles. The number of thioether (sulfide) groups is 1. The molecule has 8 nitrogen and oxygen atoms in total. The van der Waals surface area contributed by atoms with Gasteiger partial charge in [0.1, 0.15) is 28.2 Å². The van der Waals surface area contributed by atoms with Gasteiger partial charge >= 0.3 is 5.97 Å². The molecule has 3 heterocycles. The van der Waals surface area contributed by atoms with E-state index in [1.54, 1.807) is 60.4 Å². The minimum atomic E-state index is -1.50. The molecule has 0 saturated carbocycles. The molecule has 3 atom stereocenters. The molecule has 3 aromatic rings. The van der Waals surface area contributed by atoms with E-state index in [4.69, 9.17) is 4.74 Å². The molecular formula is C28H20N2O6S2. The Morgan fingerprint density at radius 3 is 2.16 bits per heavy atom. The maximum Gasteiger partial charge on any atom is 0.335 e. The van der Waals surface area contributed by atoms with Crippen molar-refractivity contribution in [2.45, 2.75) is 30.0 Å². The first-order chi connectivity index (χ1) is 18.5. The van der Waals surface area contributed by atoms with E-state index in [2.05, 4.69) is 5.32 Å². The number of rotatable bonds is 7. The van der Waals surface area contributed by atoms with Crippen LogP contribution in [-0.2, 0) is 35.1 Å². The molecule has 0 bridgehead atoms. The van der Waals surface area contributed by atoms with Crippen LogP contribution < -0.4 is 5.32 Å². The molecular weight excluding hydrogens is 524 g/mol. The van der Waals surface area contributed by atoms with Crippen LogP contribution in [0.3, 0.4) is 0 Å². The molecule has 2 aliphatic rings. The van der Waals surface area contributed by atoms with Crippen LogP contribution in [0.25, 0.3) is 0 Å². The van der Waals surface area contributed by atoms with Crippen LogP contribution in [0.2, 0.25) is 0 Å². The van der Waals surface area contributed by atoms with Crippen molar-refractivity contribution in [1.29, 1.82) is 0 Å². The van der Waals surface area contributed by atoms with E-state index in [1.165, 1.54) is 11.3 Å². The van der Waals surface area contributed by atoms with Gasteiger partial charge < -0.3 is 15.0 Å². The lowest BCUT2D eigenvalue weighted by Gasteiger charge is -2.52. The fourth-order valence-electron chi connectivity index (χ4n) is 4.44. The van der Waals surface area contributed by atoms with E-state index >= 15 is 0 Å². The van der Waals surface area contributed by atoms with Gasteiger partial charge in [0.25, 0.3) is 0 Å². The highest BCUT2D eigenvalue weighted by Crippen LogP contribution is 2.46. The summed E-state index contributed by atoms with van der Waals surface area (Å²) in [6, 6.07) is 19.2. The Kier molecular flexibility index (Phi) is 7.40. The Morgan fingerprint density at radius 2 is 1.61 bits per heavy atom. The molecule has 2 saturated heterocycles. The molecule has 1 N–H and O–H groups in total. The zero-order chi connectivity index (χ0) is 26.6. The lowest BCUT2D eigenvalue weighted by molar-refractivity contribution is -0.165. The third kappa shape index (κ3) is 4.86. The maximum atomic E-state index is 13.6. The molecule has 190 valence electrons. The second kappa shape index (κ2) is 11.0. The number of amides is 2. The zero-order valence-corrected chi connectivity index (χ0v) is 21.4. The van der Waals surface area contributed by atoms with Gasteiger partial charge in [-0.2, -0.15) is 0 Å². The van der Waals surface area contributed by atoms with E-state index < -0.39 is 35.4 Å². The Balaban J connectivity index is 1.41. The molecule has 10 heteroatoms. The number of carbonyl (C=O) groups excluding carboxylic acids is 5. The number of thiophene rings is 1. The second-order valence-corrected chi connectivity index (χ2v) is 10.7. The maximum absolute atomic E-state index is 13.6. The van der Waals surface area contributed by atoms with Crippen LogP contribution in [-0.4, -0.2) is 52.0 Å². The van der Waals surface area contributed by atoms with E-state index in [-0.39, 0.29) is 22.8 Å². The average Bonchev–Trinajstić information content (AvgIpc) is 3.47. The molecule has 2 unspecified atom stereocenters. The lowest BCUT2D eigenvalue weighted by Crippen LogP contribution is -2.74. The molecule has 2 fully saturated rings. The summed E-state index contributed by atoms with van der Waals surface area (Å²) in [4.78, 5) is 64.8. The summed E-state index contributed by atoms with van der Waals surface area (Å²) >= 11 is 2.30. The molecule has 38 heavy (non-hydrogen) atoms. The predicted molar refractivity (Wildman–Crippen MR) is 141 cm³/mol. The molecule has 0 aliphatic carbocycles. The molecule has 2 amide bonds. The van der Waals surface area contributed by atoms with Crippen LogP contribution in [0, 0.1) is 0 Å². The zero-order valence-electron chi connectivity index (χ0n) is 19.7. The molecule has 2 aromatic carbocycles. The first-order valence-electron chi connectivity index (χ1n) is 11.6. The smallest absolute Gasteiger partial charge is 0.335 e. The first kappa shape index (κ1) is 25.4. The first-order valence-corrected chi connectivity index (χ1v) is 13.4. The summed E-state index contributed by atoms with van der Waals surface area (Å²) in [5.74, 6) is 1.52. The number of ether oxygens (including phenoxy) is 1. The summed E-state index contributed by atoms with van der Waals surface area (Å²) in [7, 11) is 0. The fourth-order valence-corrected chi connectivity index (χ4v) is 6.37. The van der Waals surface area contributed by atoms with Gasteiger partial charge in [0, 0.05) is 4.88 Å². The van der Waals surface area contributed by atoms with Crippen LogP contribution >= 0.6 is 23.1 Å². The van der Waals surface area contributed by atoms with Crippen LogP contribution in [0.1, 0.15) is 22.1 Å². The molecule has 2 aliphatic heterocycles. The van der Waals surface area contributed by atoms with E-state index in [0.29, 0.717) is 11.1 Å². The number of benzene rings is 2. The quantitative estimate of drug-likeness (QED) is 0.277. The largest absolute Gasteiger partial charge is 0.451 e. The number of carbonyl (C=O) groups is 3. The monoisotopic (exact) mass is 544 g/mol. The normalized spacial score (nSPS) is 20.2. The third-order valence-corrected chi connectivity index (χ3v) is 8.37. The number of nitrogens with one attached hydrogen (secondary N) is 1. The van der Waals surface area contributed by atoms with Crippen molar-refractivity contribution < 1.29 is 28.7 Å². The summed E-state index contributed by atoms with van der Waals surface area (Å²) in [6.07, 6.45) is -0.733. The number of hydrogen-bond donors (Lipinski definition) is 1. The van der Waals surface area contributed by atoms with Crippen LogP contribution in [0.15, 0.2) is 88.7 Å². The molecule has 0 radical (unpaired) electrons. The Bertz CT molecular complexity index is 1420. The van der Waals surface area contributed by atoms with Crippen molar-refractivity contribution >= 4 is 52.8 Å². The van der Waals surface area contributed by atoms with E-state index in [9.17, 15) is 24.0 Å². The summed E-state index contributed by atoms with van der Waals surface area (Å²) in [5.41, 5.74) is 1.05. The topological polar surface area (TPSA) is 110 Å². The van der Waals surface area contributed by atoms with Crippen molar-refractivity contribution in [3.8, 4) is 0 Å². The van der Waals surface area contributed by atoms with Crippen molar-refractivity contribution in [3.05, 3.63) is 105 Å². The summed E-state index contributed by atoms with van der Waals surface area (Å²) < 4.78 is 5.90. The second-order valence-electron chi connectivity index (χ2n) is 8.54. The van der Waals surface area contributed by atoms with Crippen molar-refractivity contribution in [3.63, 3.8) is 0 Å². The highest BCUT2D eigenvalue weighted by Gasteiger charge is 2.59. The number of nitrogens with zero attached hydrogens (tertiary/aromatic N) is 1. The van der Waals surface area contributed by atoms with Gasteiger partial charge in [0.15, 0.2) is 12.1 Å². The SMILES string of the molecule is O=C=C1S[C@H]2C(NC(=O)Cc3cccs3)C(=O)N2C(C(=O)OC(c2ccccc2)c2ccccc2)C1=C=O. The van der Waals surface area contributed by atoms with Crippen LogP contribution in [0.4, 0.5) is 0 Å². The fraction of sp³-hybridized carbons (Fsp3) is 0.179. The Hall–Kier alpha value is -4.20. The predicted octanol–water partition coefficient (Wildman–Crippen LogP) is 2.87. The number of fused-ring (bicyclic) bond motifs is 1. The Labute approximate surface area is 226 Å². The van der Waals surface area contributed by atoms with Crippen LogP contribution in [0.5, 0.6) is 0 Å². The van der Waals surface area contributed by atoms with Gasteiger partial charge in [0.05, 0.1) is 12.0 Å². The lowest BCUT2D eigenvalue weighted by atomic mass is 9.96. The molecule has 5 rings (SSSR count). The van der Waals surface area contributed by atoms with Gasteiger partial charge in [0.2, 0.25) is 11.8 Å². The van der Waals surface area contributed by atoms with Gasteiger partial charge in [-0.15, -0.1) is 11.3 Å². The summed E-state index contributed by atoms with van der Waals surface area (Å²) in [6.45, 7) is 0. The third-order valence-electron chi connectivity index (χ3n) is 6.21. The number of hydrogen-bond acceptors (Lipinski definition) is 8. The Morgan fingerprint density at radius 1 is 0.947 bits per heavy atom. The molecule has 0 spiro atoms. The number of β-lactam (4-membered cyclic amide) rings is 1. The minimum Gasteiger partial charge on any atom is -0.451 e. The van der Waals surface area contributed by atoms with Crippen molar-refractivity contribution in [2.24, 2.45) is 0 Å². The highest BCUT2D eigenvalue weighted by atomic mass is 32.2. The standard InChI is InChI=1S/C28H20N2O6S2/c31-15-20-21(16-32)38-27-23(29-22(33)14-19-12-7-13-37-19)26(34)30(27)24(20)28(35)36-25(17-8-3-1-4-9-17)18-10-5-2-6-11-18/h1-13,23-25,27H,14H2,(H,29,33)/t23?,24?,27-/m0/s1. The highest BCUT2D eigenvalue weighted by molar-refractivity contribution is 8.04. The van der Waals surface area contributed by atoms with Gasteiger partial charge in [-0.1, -0.05) is 78.5 Å². The number of esters is 1. The average molecular weight is 545 g/mol. The van der Waals surface area contributed by atoms with Gasteiger partial charge in [-0.25, -0.2) is 14.4 Å². The van der Waals surface area contributed by atoms with Crippen molar-refractivity contribution in [1.82, 2.24) is 10.2 Å². The minimum absolute atomic E-state index is 0.0933. The van der Waals surface area contributed by atoms with Crippen molar-refractivity contribution in [2.75, 3.05) is 0 Å². The van der Waals surface area contributed by atoms with Gasteiger partial charge in [-0.05, 0) is 22.6 Å². The van der Waals surface area contributed by atoms with E-state index in [1.807, 2.05) is 29.6 Å². The summed E-state index contributed by atoms with van der Waals surface area (Å²) in [5, 5.41) is 3.75. The van der Waals surface area contributed by atoms with Gasteiger partial charge in [-0.3, -0.25) is 9.59 Å². The van der Waals surface area contributed by atoms with E-state index in [0.717, 1.165) is 21.5 Å².